The number of rotatable bonds is 4. The minimum Gasteiger partial charge on any atom is -0.457 e. The predicted molar refractivity (Wildman–Crippen MR) is 104 cm³/mol. The van der Waals surface area contributed by atoms with Crippen molar-refractivity contribution in [1.82, 2.24) is 4.98 Å². The van der Waals surface area contributed by atoms with Gasteiger partial charge in [-0.15, -0.1) is 0 Å². The third kappa shape index (κ3) is 6.45. The lowest BCUT2D eigenvalue weighted by Crippen LogP contribution is -2.29. The van der Waals surface area contributed by atoms with E-state index < -0.39 is 41.0 Å². The maximum Gasteiger partial charge on any atom is 0.416 e. The van der Waals surface area contributed by atoms with Crippen LogP contribution in [0.1, 0.15) is 11.1 Å². The first kappa shape index (κ1) is 23.6. The number of carbonyl (C=O) groups excluding carboxylic acids is 2. The van der Waals surface area contributed by atoms with Gasteiger partial charge < -0.3 is 15.4 Å². The second-order valence-corrected chi connectivity index (χ2v) is 6.51. The average molecular weight is 469 g/mol. The van der Waals surface area contributed by atoms with Crippen molar-refractivity contribution in [3.05, 3.63) is 78.1 Å². The van der Waals surface area contributed by atoms with Crippen LogP contribution in [0.4, 0.5) is 37.7 Å². The van der Waals surface area contributed by atoms with Gasteiger partial charge in [0, 0.05) is 23.8 Å². The standard InChI is InChI=1S/C21H13F6N3O3/c22-20(23,24)12-9-13(21(25,26)27)11-15(10-12)30-19(32)18(31)29-14-1-3-16(4-2-14)33-17-5-7-28-8-6-17/h1-11H,(H,29,31)(H,30,32). The van der Waals surface area contributed by atoms with E-state index >= 15 is 0 Å². The second-order valence-electron chi connectivity index (χ2n) is 6.51. The highest BCUT2D eigenvalue weighted by Gasteiger charge is 2.37. The molecule has 0 unspecified atom stereocenters. The van der Waals surface area contributed by atoms with E-state index in [0.717, 1.165) is 0 Å². The summed E-state index contributed by atoms with van der Waals surface area (Å²) >= 11 is 0. The molecule has 3 rings (SSSR count). The fourth-order valence-electron chi connectivity index (χ4n) is 2.55. The molecule has 2 N–H and O–H groups in total. The Morgan fingerprint density at radius 1 is 0.667 bits per heavy atom. The number of benzene rings is 2. The number of halogens is 6. The summed E-state index contributed by atoms with van der Waals surface area (Å²) in [5, 5.41) is 3.93. The van der Waals surface area contributed by atoms with Gasteiger partial charge in [-0.3, -0.25) is 14.6 Å². The number of nitrogens with zero attached hydrogens (tertiary/aromatic N) is 1. The van der Waals surface area contributed by atoms with Gasteiger partial charge in [-0.25, -0.2) is 0 Å². The molecule has 1 aromatic heterocycles. The Bertz CT molecular complexity index is 1110. The highest BCUT2D eigenvalue weighted by Crippen LogP contribution is 2.37. The summed E-state index contributed by atoms with van der Waals surface area (Å²) in [5.41, 5.74) is -3.95. The monoisotopic (exact) mass is 469 g/mol. The molecule has 0 aliphatic heterocycles. The summed E-state index contributed by atoms with van der Waals surface area (Å²) in [6, 6.07) is 9.42. The Hall–Kier alpha value is -4.09. The van der Waals surface area contributed by atoms with Crippen LogP contribution in [0.25, 0.3) is 0 Å². The van der Waals surface area contributed by atoms with Crippen LogP contribution in [-0.4, -0.2) is 16.8 Å². The zero-order valence-electron chi connectivity index (χ0n) is 16.3. The number of hydrogen-bond acceptors (Lipinski definition) is 4. The van der Waals surface area contributed by atoms with E-state index in [2.05, 4.69) is 10.3 Å². The van der Waals surface area contributed by atoms with E-state index in [1.54, 1.807) is 17.4 Å². The number of nitrogens with one attached hydrogen (secondary N) is 2. The minimum atomic E-state index is -5.09. The van der Waals surface area contributed by atoms with Crippen molar-refractivity contribution >= 4 is 23.2 Å². The Morgan fingerprint density at radius 2 is 1.12 bits per heavy atom. The Kier molecular flexibility index (Phi) is 6.56. The average Bonchev–Trinajstić information content (AvgIpc) is 2.74. The van der Waals surface area contributed by atoms with Crippen molar-refractivity contribution in [3.63, 3.8) is 0 Å². The predicted octanol–water partition coefficient (Wildman–Crippen LogP) is 5.49. The molecule has 0 radical (unpaired) electrons. The molecule has 0 fully saturated rings. The SMILES string of the molecule is O=C(Nc1ccc(Oc2ccncc2)cc1)C(=O)Nc1cc(C(F)(F)F)cc(C(F)(F)F)c1. The first-order valence-corrected chi connectivity index (χ1v) is 9.01. The third-order valence-electron chi connectivity index (χ3n) is 4.05. The number of carbonyl (C=O) groups is 2. The van der Waals surface area contributed by atoms with Gasteiger partial charge in [0.2, 0.25) is 0 Å². The van der Waals surface area contributed by atoms with Gasteiger partial charge in [0.1, 0.15) is 11.5 Å². The number of aromatic nitrogens is 1. The topological polar surface area (TPSA) is 80.3 Å². The molecule has 6 nitrogen and oxygen atoms in total. The van der Waals surface area contributed by atoms with Crippen LogP contribution in [0.5, 0.6) is 11.5 Å². The molecule has 172 valence electrons. The molecule has 1 heterocycles. The van der Waals surface area contributed by atoms with Crippen molar-refractivity contribution in [3.8, 4) is 11.5 Å². The lowest BCUT2D eigenvalue weighted by Gasteiger charge is -2.14. The van der Waals surface area contributed by atoms with Crippen molar-refractivity contribution in [2.75, 3.05) is 10.6 Å². The van der Waals surface area contributed by atoms with Crippen LogP contribution in [0.2, 0.25) is 0 Å². The zero-order valence-corrected chi connectivity index (χ0v) is 16.3. The Labute approximate surface area is 182 Å². The first-order chi connectivity index (χ1) is 15.4. The lowest BCUT2D eigenvalue weighted by atomic mass is 10.1. The van der Waals surface area contributed by atoms with E-state index in [-0.39, 0.29) is 11.8 Å². The third-order valence-corrected chi connectivity index (χ3v) is 4.05. The number of amides is 2. The van der Waals surface area contributed by atoms with Crippen molar-refractivity contribution in [1.29, 1.82) is 0 Å². The minimum absolute atomic E-state index is 0.0920. The second kappa shape index (κ2) is 9.18. The quantitative estimate of drug-likeness (QED) is 0.391. The summed E-state index contributed by atoms with van der Waals surface area (Å²) in [7, 11) is 0. The molecular weight excluding hydrogens is 456 g/mol. The zero-order chi connectivity index (χ0) is 24.2. The van der Waals surface area contributed by atoms with Crippen molar-refractivity contribution in [2.45, 2.75) is 12.4 Å². The van der Waals surface area contributed by atoms with Gasteiger partial charge in [0.05, 0.1) is 11.1 Å². The fourth-order valence-corrected chi connectivity index (χ4v) is 2.55. The molecule has 33 heavy (non-hydrogen) atoms. The number of ether oxygens (including phenoxy) is 1. The molecule has 12 heteroatoms. The van der Waals surface area contributed by atoms with Crippen molar-refractivity contribution < 1.29 is 40.7 Å². The van der Waals surface area contributed by atoms with Gasteiger partial charge in [0.25, 0.3) is 0 Å². The van der Waals surface area contributed by atoms with E-state index in [1.807, 2.05) is 0 Å². The number of hydrogen-bond donors (Lipinski definition) is 2. The van der Waals surface area contributed by atoms with Crippen LogP contribution in [0, 0.1) is 0 Å². The molecule has 3 aromatic rings. The smallest absolute Gasteiger partial charge is 0.416 e. The van der Waals surface area contributed by atoms with Crippen LogP contribution in [0.3, 0.4) is 0 Å². The normalized spacial score (nSPS) is 11.6. The maximum atomic E-state index is 12.9. The van der Waals surface area contributed by atoms with E-state index in [4.69, 9.17) is 4.74 Å². The lowest BCUT2D eigenvalue weighted by molar-refractivity contribution is -0.143. The Balaban J connectivity index is 1.69. The van der Waals surface area contributed by atoms with Crippen LogP contribution >= 0.6 is 0 Å². The highest BCUT2D eigenvalue weighted by atomic mass is 19.4. The Morgan fingerprint density at radius 3 is 1.61 bits per heavy atom. The molecule has 0 atom stereocenters. The van der Waals surface area contributed by atoms with Gasteiger partial charge in [-0.05, 0) is 54.6 Å². The van der Waals surface area contributed by atoms with Gasteiger partial charge in [-0.2, -0.15) is 26.3 Å². The van der Waals surface area contributed by atoms with Crippen LogP contribution in [0.15, 0.2) is 67.0 Å². The van der Waals surface area contributed by atoms with Crippen molar-refractivity contribution in [2.24, 2.45) is 0 Å². The maximum absolute atomic E-state index is 12.9. The molecule has 2 aromatic carbocycles. The number of pyridine rings is 1. The van der Waals surface area contributed by atoms with E-state index in [1.165, 1.54) is 36.7 Å². The first-order valence-electron chi connectivity index (χ1n) is 9.01. The van der Waals surface area contributed by atoms with E-state index in [0.29, 0.717) is 23.6 Å². The molecule has 0 saturated carbocycles. The highest BCUT2D eigenvalue weighted by molar-refractivity contribution is 6.43. The van der Waals surface area contributed by atoms with Gasteiger partial charge in [-0.1, -0.05) is 0 Å². The summed E-state index contributed by atoms with van der Waals surface area (Å²) in [4.78, 5) is 27.9. The largest absolute Gasteiger partial charge is 0.457 e. The summed E-state index contributed by atoms with van der Waals surface area (Å²) < 4.78 is 83.0. The summed E-state index contributed by atoms with van der Waals surface area (Å²) in [5.74, 6) is -1.86. The summed E-state index contributed by atoms with van der Waals surface area (Å²) in [6.07, 6.45) is -7.15. The molecule has 0 aliphatic rings. The molecular formula is C21H13F6N3O3. The van der Waals surface area contributed by atoms with Gasteiger partial charge in [0.15, 0.2) is 0 Å². The van der Waals surface area contributed by atoms with Crippen LogP contribution in [-0.2, 0) is 21.9 Å². The fraction of sp³-hybridized carbons (Fsp3) is 0.0952. The summed E-state index contributed by atoms with van der Waals surface area (Å²) in [6.45, 7) is 0. The number of alkyl halides is 6. The van der Waals surface area contributed by atoms with E-state index in [9.17, 15) is 35.9 Å². The van der Waals surface area contributed by atoms with Gasteiger partial charge >= 0.3 is 24.2 Å². The molecule has 0 aliphatic carbocycles. The molecule has 2 amide bonds. The number of anilines is 2. The van der Waals surface area contributed by atoms with Crippen LogP contribution < -0.4 is 15.4 Å². The molecule has 0 saturated heterocycles. The molecule has 0 spiro atoms. The molecule has 0 bridgehead atoms.